The lowest BCUT2D eigenvalue weighted by Gasteiger charge is -2.37. The smallest absolute Gasteiger partial charge is 0.220 e. The molecule has 1 aromatic heterocycles. The van der Waals surface area contributed by atoms with Crippen molar-refractivity contribution in [2.45, 2.75) is 76.4 Å². The maximum Gasteiger partial charge on any atom is 0.220 e. The zero-order valence-corrected chi connectivity index (χ0v) is 20.8. The van der Waals surface area contributed by atoms with Gasteiger partial charge in [0.05, 0.1) is 12.7 Å². The van der Waals surface area contributed by atoms with Crippen molar-refractivity contribution < 1.29 is 14.3 Å². The number of ether oxygens (including phenoxy) is 2. The van der Waals surface area contributed by atoms with Gasteiger partial charge >= 0.3 is 0 Å². The first-order chi connectivity index (χ1) is 16.7. The molecule has 7 heteroatoms. The Balaban J connectivity index is 0.973. The summed E-state index contributed by atoms with van der Waals surface area (Å²) in [5.74, 6) is 3.74. The number of fused-ring (bicyclic) bond motifs is 1. The Hall–Kier alpha value is -1.86. The molecule has 1 aromatic rings. The van der Waals surface area contributed by atoms with Crippen LogP contribution in [0.4, 0.5) is 5.82 Å². The van der Waals surface area contributed by atoms with Gasteiger partial charge in [0.1, 0.15) is 11.6 Å². The second-order valence-corrected chi connectivity index (χ2v) is 10.9. The number of carbonyl (C=O) groups is 1. The molecule has 188 valence electrons. The highest BCUT2D eigenvalue weighted by molar-refractivity contribution is 5.76. The molecule has 1 N–H and O–H groups in total. The zero-order chi connectivity index (χ0) is 23.3. The monoisotopic (exact) mass is 470 g/mol. The molecule has 0 bridgehead atoms. The molecular weight excluding hydrogens is 428 g/mol. The van der Waals surface area contributed by atoms with E-state index in [0.29, 0.717) is 24.5 Å². The molecule has 0 radical (unpaired) electrons. The normalized spacial score (nSPS) is 29.6. The summed E-state index contributed by atoms with van der Waals surface area (Å²) < 4.78 is 11.2. The first-order valence-corrected chi connectivity index (χ1v) is 13.6. The molecule has 2 saturated carbocycles. The van der Waals surface area contributed by atoms with Crippen LogP contribution >= 0.6 is 0 Å². The number of piperazine rings is 1. The topological polar surface area (TPSA) is 66.9 Å². The van der Waals surface area contributed by atoms with E-state index in [4.69, 9.17) is 9.47 Å². The first kappa shape index (κ1) is 23.9. The van der Waals surface area contributed by atoms with Gasteiger partial charge in [-0.25, -0.2) is 4.98 Å². The van der Waals surface area contributed by atoms with Crippen molar-refractivity contribution in [3.63, 3.8) is 0 Å². The van der Waals surface area contributed by atoms with Gasteiger partial charge in [-0.05, 0) is 75.8 Å². The molecule has 2 atom stereocenters. The summed E-state index contributed by atoms with van der Waals surface area (Å²) in [5.41, 5.74) is 1.29. The van der Waals surface area contributed by atoms with Gasteiger partial charge in [-0.2, -0.15) is 0 Å². The molecule has 1 amide bonds. The number of anilines is 1. The fourth-order valence-corrected chi connectivity index (χ4v) is 6.49. The number of amides is 1. The highest BCUT2D eigenvalue weighted by Gasteiger charge is 2.29. The number of carbonyl (C=O) groups excluding carboxylic acids is 1. The van der Waals surface area contributed by atoms with Crippen LogP contribution in [0.2, 0.25) is 0 Å². The molecule has 0 spiro atoms. The predicted molar refractivity (Wildman–Crippen MR) is 133 cm³/mol. The Bertz CT molecular complexity index is 818. The second kappa shape index (κ2) is 11.3. The second-order valence-electron chi connectivity index (χ2n) is 10.9. The van der Waals surface area contributed by atoms with E-state index >= 15 is 0 Å². The van der Waals surface area contributed by atoms with Crippen LogP contribution < -0.4 is 15.0 Å². The number of pyridine rings is 1. The summed E-state index contributed by atoms with van der Waals surface area (Å²) in [7, 11) is 1.79. The molecule has 34 heavy (non-hydrogen) atoms. The lowest BCUT2D eigenvalue weighted by atomic mass is 9.84. The van der Waals surface area contributed by atoms with E-state index in [1.165, 1.54) is 31.4 Å². The molecule has 1 saturated heterocycles. The summed E-state index contributed by atoms with van der Waals surface area (Å²) in [6, 6.07) is 2.38. The van der Waals surface area contributed by atoms with Gasteiger partial charge in [0.2, 0.25) is 5.91 Å². The van der Waals surface area contributed by atoms with Gasteiger partial charge in [0.25, 0.3) is 0 Å². The number of hydrogen-bond donors (Lipinski definition) is 1. The number of nitrogens with zero attached hydrogens (tertiary/aromatic N) is 3. The molecule has 3 heterocycles. The Kier molecular flexibility index (Phi) is 7.90. The third-order valence-corrected chi connectivity index (χ3v) is 8.64. The molecule has 0 aromatic carbocycles. The Labute approximate surface area is 204 Å². The van der Waals surface area contributed by atoms with Crippen LogP contribution in [0.25, 0.3) is 0 Å². The van der Waals surface area contributed by atoms with Crippen LogP contribution in [0.15, 0.2) is 12.3 Å². The van der Waals surface area contributed by atoms with Crippen molar-refractivity contribution in [3.05, 3.63) is 17.8 Å². The fraction of sp³-hybridized carbons (Fsp3) is 0.778. The van der Waals surface area contributed by atoms with Crippen LogP contribution in [0.5, 0.6) is 5.75 Å². The average molecular weight is 471 g/mol. The summed E-state index contributed by atoms with van der Waals surface area (Å²) in [6.07, 6.45) is 13.3. The van der Waals surface area contributed by atoms with Crippen LogP contribution in [0.3, 0.4) is 0 Å². The standard InChI is InChI=1S/C27H42N4O3/c1-33-23-7-4-21(18-23)19-26(32)29-22-5-2-20(3-6-22)9-12-30-13-15-31(16-14-30)27-24-10-17-34-25(24)8-11-28-27/h8,11,20-23H,2-7,9-10,12-19H2,1H3,(H,29,32). The van der Waals surface area contributed by atoms with Crippen molar-refractivity contribution in [1.82, 2.24) is 15.2 Å². The van der Waals surface area contributed by atoms with E-state index in [1.807, 2.05) is 12.3 Å². The third-order valence-electron chi connectivity index (χ3n) is 8.64. The number of methoxy groups -OCH3 is 1. The first-order valence-electron chi connectivity index (χ1n) is 13.6. The van der Waals surface area contributed by atoms with Gasteiger partial charge in [-0.3, -0.25) is 9.69 Å². The lowest BCUT2D eigenvalue weighted by Crippen LogP contribution is -2.47. The van der Waals surface area contributed by atoms with E-state index in [1.54, 1.807) is 7.11 Å². The number of rotatable bonds is 8. The van der Waals surface area contributed by atoms with Crippen molar-refractivity contribution in [3.8, 4) is 5.75 Å². The van der Waals surface area contributed by atoms with Gasteiger partial charge in [0, 0.05) is 63.9 Å². The maximum absolute atomic E-state index is 12.5. The maximum atomic E-state index is 12.5. The average Bonchev–Trinajstić information content (AvgIpc) is 3.53. The zero-order valence-electron chi connectivity index (χ0n) is 20.8. The lowest BCUT2D eigenvalue weighted by molar-refractivity contribution is -0.123. The van der Waals surface area contributed by atoms with Crippen LogP contribution in [-0.4, -0.2) is 74.4 Å². The van der Waals surface area contributed by atoms with E-state index in [0.717, 1.165) is 88.8 Å². The third kappa shape index (κ3) is 5.85. The minimum absolute atomic E-state index is 0.258. The summed E-state index contributed by atoms with van der Waals surface area (Å²) in [5, 5.41) is 3.33. The largest absolute Gasteiger partial charge is 0.493 e. The number of aromatic nitrogens is 1. The van der Waals surface area contributed by atoms with E-state index in [2.05, 4.69) is 20.1 Å². The number of nitrogens with one attached hydrogen (secondary N) is 1. The molecule has 5 rings (SSSR count). The van der Waals surface area contributed by atoms with E-state index in [9.17, 15) is 4.79 Å². The highest BCUT2D eigenvalue weighted by Crippen LogP contribution is 2.33. The van der Waals surface area contributed by atoms with E-state index in [-0.39, 0.29) is 5.91 Å². The van der Waals surface area contributed by atoms with Crippen molar-refractivity contribution in [2.24, 2.45) is 11.8 Å². The van der Waals surface area contributed by atoms with E-state index < -0.39 is 0 Å². The Morgan fingerprint density at radius 1 is 1.12 bits per heavy atom. The Morgan fingerprint density at radius 2 is 1.91 bits per heavy atom. The van der Waals surface area contributed by atoms with Gasteiger partial charge in [-0.1, -0.05) is 0 Å². The molecule has 7 nitrogen and oxygen atoms in total. The molecule has 4 aliphatic rings. The quantitative estimate of drug-likeness (QED) is 0.628. The molecule has 2 aliphatic heterocycles. The molecule has 2 aliphatic carbocycles. The van der Waals surface area contributed by atoms with Crippen LogP contribution in [-0.2, 0) is 16.0 Å². The van der Waals surface area contributed by atoms with Crippen molar-refractivity contribution in [2.75, 3.05) is 51.3 Å². The Morgan fingerprint density at radius 3 is 2.68 bits per heavy atom. The SMILES string of the molecule is COC1CCC(CC(=O)NC2CCC(CCN3CCN(c4nccc5c4CCO5)CC3)CC2)C1. The molecule has 3 fully saturated rings. The fourth-order valence-electron chi connectivity index (χ4n) is 6.49. The molecular formula is C27H42N4O3. The van der Waals surface area contributed by atoms with Crippen molar-refractivity contribution >= 4 is 11.7 Å². The highest BCUT2D eigenvalue weighted by atomic mass is 16.5. The van der Waals surface area contributed by atoms with Gasteiger partial charge < -0.3 is 19.7 Å². The predicted octanol–water partition coefficient (Wildman–Crippen LogP) is 3.41. The van der Waals surface area contributed by atoms with Gasteiger partial charge in [0.15, 0.2) is 0 Å². The van der Waals surface area contributed by atoms with Crippen LogP contribution in [0.1, 0.15) is 63.4 Å². The van der Waals surface area contributed by atoms with Gasteiger partial charge in [-0.15, -0.1) is 0 Å². The minimum Gasteiger partial charge on any atom is -0.493 e. The molecule has 2 unspecified atom stereocenters. The minimum atomic E-state index is 0.258. The van der Waals surface area contributed by atoms with Crippen LogP contribution in [0, 0.1) is 11.8 Å². The summed E-state index contributed by atoms with van der Waals surface area (Å²) in [6.45, 7) is 6.31. The number of hydrogen-bond acceptors (Lipinski definition) is 6. The van der Waals surface area contributed by atoms with Crippen molar-refractivity contribution in [1.29, 1.82) is 0 Å². The summed E-state index contributed by atoms with van der Waals surface area (Å²) >= 11 is 0. The summed E-state index contributed by atoms with van der Waals surface area (Å²) in [4.78, 5) is 22.2.